The summed E-state index contributed by atoms with van der Waals surface area (Å²) in [4.78, 5) is 22.0. The number of nitrogens with one attached hydrogen (secondary N) is 1. The summed E-state index contributed by atoms with van der Waals surface area (Å²) < 4.78 is 0. The van der Waals surface area contributed by atoms with Gasteiger partial charge in [0.05, 0.1) is 11.3 Å². The van der Waals surface area contributed by atoms with E-state index in [1.807, 2.05) is 0 Å². The Balaban J connectivity index is 1.64. The molecular weight excluding hydrogens is 308 g/mol. The number of non-ortho nitro benzene ring substituents is 1. The van der Waals surface area contributed by atoms with Crippen molar-refractivity contribution in [2.45, 2.75) is 25.7 Å². The Labute approximate surface area is 140 Å². The fourth-order valence-electron chi connectivity index (χ4n) is 2.38. The summed E-state index contributed by atoms with van der Waals surface area (Å²) in [5.74, 6) is 0.0827. The van der Waals surface area contributed by atoms with E-state index in [1.165, 1.54) is 12.1 Å². The molecule has 2 N–H and O–H groups in total. The highest BCUT2D eigenvalue weighted by molar-refractivity contribution is 5.78. The zero-order valence-corrected chi connectivity index (χ0v) is 13.3. The minimum atomic E-state index is -0.411. The van der Waals surface area contributed by atoms with Crippen LogP contribution in [0.15, 0.2) is 48.5 Å². The van der Waals surface area contributed by atoms with Crippen molar-refractivity contribution in [3.8, 4) is 5.75 Å². The molecule has 0 spiro atoms. The molecule has 0 radical (unpaired) electrons. The molecule has 24 heavy (non-hydrogen) atoms. The smallest absolute Gasteiger partial charge is 0.269 e. The van der Waals surface area contributed by atoms with E-state index < -0.39 is 4.92 Å². The number of aryl methyl sites for hydroxylation is 1. The lowest BCUT2D eigenvalue weighted by atomic mass is 10.1. The van der Waals surface area contributed by atoms with Crippen LogP contribution in [0.3, 0.4) is 0 Å². The average molecular weight is 328 g/mol. The number of unbranched alkanes of at least 4 members (excludes halogenated alkanes) is 1. The molecule has 0 aliphatic rings. The van der Waals surface area contributed by atoms with Gasteiger partial charge in [0.25, 0.3) is 5.69 Å². The number of nitrogens with zero attached hydrogens (tertiary/aromatic N) is 1. The third kappa shape index (κ3) is 5.72. The Morgan fingerprint density at radius 1 is 1.08 bits per heavy atom. The third-order valence-corrected chi connectivity index (χ3v) is 3.64. The second kappa shape index (κ2) is 8.67. The van der Waals surface area contributed by atoms with E-state index in [0.29, 0.717) is 6.54 Å². The van der Waals surface area contributed by atoms with Crippen molar-refractivity contribution >= 4 is 11.6 Å². The van der Waals surface area contributed by atoms with Gasteiger partial charge in [-0.05, 0) is 42.5 Å². The first kappa shape index (κ1) is 17.5. The highest BCUT2D eigenvalue weighted by Gasteiger charge is 2.05. The quantitative estimate of drug-likeness (QED) is 0.442. The monoisotopic (exact) mass is 328 g/mol. The summed E-state index contributed by atoms with van der Waals surface area (Å²) in [6.45, 7) is 0.588. The highest BCUT2D eigenvalue weighted by atomic mass is 16.6. The van der Waals surface area contributed by atoms with Gasteiger partial charge in [-0.2, -0.15) is 0 Å². The van der Waals surface area contributed by atoms with Crippen LogP contribution in [0.1, 0.15) is 24.0 Å². The van der Waals surface area contributed by atoms with E-state index >= 15 is 0 Å². The first-order valence-corrected chi connectivity index (χ1v) is 7.82. The summed E-state index contributed by atoms with van der Waals surface area (Å²) in [6, 6.07) is 13.2. The van der Waals surface area contributed by atoms with Gasteiger partial charge in [-0.3, -0.25) is 14.9 Å². The fourth-order valence-corrected chi connectivity index (χ4v) is 2.38. The van der Waals surface area contributed by atoms with Crippen LogP contribution in [0.2, 0.25) is 0 Å². The molecule has 6 heteroatoms. The van der Waals surface area contributed by atoms with Gasteiger partial charge in [0.1, 0.15) is 5.75 Å². The molecule has 126 valence electrons. The topological polar surface area (TPSA) is 92.5 Å². The zero-order chi connectivity index (χ0) is 17.4. The molecule has 0 bridgehead atoms. The van der Waals surface area contributed by atoms with Crippen molar-refractivity contribution in [1.29, 1.82) is 0 Å². The van der Waals surface area contributed by atoms with E-state index in [9.17, 15) is 20.0 Å². The molecule has 0 heterocycles. The van der Waals surface area contributed by atoms with Gasteiger partial charge < -0.3 is 10.4 Å². The number of rotatable bonds is 8. The van der Waals surface area contributed by atoms with Gasteiger partial charge in [-0.25, -0.2) is 0 Å². The summed E-state index contributed by atoms with van der Waals surface area (Å²) in [5.41, 5.74) is 1.92. The van der Waals surface area contributed by atoms with Crippen molar-refractivity contribution in [3.05, 3.63) is 69.8 Å². The van der Waals surface area contributed by atoms with Gasteiger partial charge in [0.2, 0.25) is 5.91 Å². The first-order chi connectivity index (χ1) is 11.5. The van der Waals surface area contributed by atoms with E-state index in [-0.39, 0.29) is 23.8 Å². The second-order valence-electron chi connectivity index (χ2n) is 5.58. The Morgan fingerprint density at radius 3 is 2.50 bits per heavy atom. The van der Waals surface area contributed by atoms with Crippen molar-refractivity contribution < 1.29 is 14.8 Å². The fraction of sp³-hybridized carbons (Fsp3) is 0.278. The minimum Gasteiger partial charge on any atom is -0.508 e. The lowest BCUT2D eigenvalue weighted by Crippen LogP contribution is -2.26. The van der Waals surface area contributed by atoms with Crippen LogP contribution in [0.4, 0.5) is 5.69 Å². The molecule has 2 aromatic carbocycles. The number of carbonyl (C=O) groups excluding carboxylic acids is 1. The number of aromatic hydroxyl groups is 1. The van der Waals surface area contributed by atoms with Crippen LogP contribution in [-0.4, -0.2) is 22.5 Å². The maximum absolute atomic E-state index is 11.8. The van der Waals surface area contributed by atoms with Crippen LogP contribution in [0.25, 0.3) is 0 Å². The maximum atomic E-state index is 11.8. The highest BCUT2D eigenvalue weighted by Crippen LogP contribution is 2.13. The van der Waals surface area contributed by atoms with Crippen LogP contribution < -0.4 is 5.32 Å². The molecule has 2 aromatic rings. The van der Waals surface area contributed by atoms with Crippen molar-refractivity contribution in [2.24, 2.45) is 0 Å². The number of nitro benzene ring substituents is 1. The Kier molecular flexibility index (Phi) is 6.31. The summed E-state index contributed by atoms with van der Waals surface area (Å²) >= 11 is 0. The number of phenolic OH excluding ortho intramolecular Hbond substituents is 1. The number of hydrogen-bond acceptors (Lipinski definition) is 4. The van der Waals surface area contributed by atoms with E-state index in [4.69, 9.17) is 0 Å². The number of carbonyl (C=O) groups is 1. The number of nitro groups is 1. The minimum absolute atomic E-state index is 0.0732. The normalized spacial score (nSPS) is 10.3. The molecule has 0 fully saturated rings. The predicted molar refractivity (Wildman–Crippen MR) is 90.9 cm³/mol. The molecular formula is C18H20N2O4. The maximum Gasteiger partial charge on any atom is 0.269 e. The molecule has 2 rings (SSSR count). The summed E-state index contributed by atoms with van der Waals surface area (Å²) in [6.07, 6.45) is 2.80. The van der Waals surface area contributed by atoms with Gasteiger partial charge in [0.15, 0.2) is 0 Å². The van der Waals surface area contributed by atoms with E-state index in [0.717, 1.165) is 30.4 Å². The number of amides is 1. The molecule has 0 aromatic heterocycles. The van der Waals surface area contributed by atoms with E-state index in [1.54, 1.807) is 36.4 Å². The zero-order valence-electron chi connectivity index (χ0n) is 13.3. The number of benzene rings is 2. The van der Waals surface area contributed by atoms with Crippen molar-refractivity contribution in [3.63, 3.8) is 0 Å². The molecule has 1 amide bonds. The third-order valence-electron chi connectivity index (χ3n) is 3.64. The lowest BCUT2D eigenvalue weighted by molar-refractivity contribution is -0.384. The Bertz CT molecular complexity index is 698. The SMILES string of the molecule is O=C(Cc1cccc(O)c1)NCCCCc1ccc([N+](=O)[O-])cc1. The molecule has 0 unspecified atom stereocenters. The van der Waals surface area contributed by atoms with Crippen LogP contribution in [0, 0.1) is 10.1 Å². The summed E-state index contributed by atoms with van der Waals surface area (Å²) in [7, 11) is 0. The molecule has 0 aliphatic heterocycles. The molecule has 6 nitrogen and oxygen atoms in total. The summed E-state index contributed by atoms with van der Waals surface area (Å²) in [5, 5.41) is 22.8. The van der Waals surface area contributed by atoms with Gasteiger partial charge >= 0.3 is 0 Å². The molecule has 0 aliphatic carbocycles. The Hall–Kier alpha value is -2.89. The molecule has 0 saturated heterocycles. The van der Waals surface area contributed by atoms with Gasteiger partial charge in [0, 0.05) is 18.7 Å². The average Bonchev–Trinajstić information content (AvgIpc) is 2.55. The Morgan fingerprint density at radius 2 is 1.83 bits per heavy atom. The second-order valence-corrected chi connectivity index (χ2v) is 5.58. The van der Waals surface area contributed by atoms with Crippen LogP contribution in [-0.2, 0) is 17.6 Å². The van der Waals surface area contributed by atoms with Crippen LogP contribution in [0.5, 0.6) is 5.75 Å². The van der Waals surface area contributed by atoms with Gasteiger partial charge in [-0.15, -0.1) is 0 Å². The van der Waals surface area contributed by atoms with Crippen molar-refractivity contribution in [1.82, 2.24) is 5.32 Å². The van der Waals surface area contributed by atoms with Crippen molar-refractivity contribution in [2.75, 3.05) is 6.54 Å². The van der Waals surface area contributed by atoms with Gasteiger partial charge in [-0.1, -0.05) is 24.3 Å². The lowest BCUT2D eigenvalue weighted by Gasteiger charge is -2.06. The molecule has 0 saturated carbocycles. The van der Waals surface area contributed by atoms with Crippen LogP contribution >= 0.6 is 0 Å². The first-order valence-electron chi connectivity index (χ1n) is 7.82. The van der Waals surface area contributed by atoms with E-state index in [2.05, 4.69) is 5.32 Å². The largest absolute Gasteiger partial charge is 0.508 e. The number of phenols is 1. The standard InChI is InChI=1S/C18H20N2O4/c21-17-6-3-5-15(12-17)13-18(22)19-11-2-1-4-14-7-9-16(10-8-14)20(23)24/h3,5-10,12,21H,1-2,4,11,13H2,(H,19,22). The predicted octanol–water partition coefficient (Wildman–Crippen LogP) is 2.98. The molecule has 0 atom stereocenters. The number of hydrogen-bond donors (Lipinski definition) is 2.